The Morgan fingerprint density at radius 2 is 2.00 bits per heavy atom. The number of rotatable bonds is 10. The smallest absolute Gasteiger partial charge is 0.327 e. The van der Waals surface area contributed by atoms with Crippen molar-refractivity contribution in [3.63, 3.8) is 0 Å². The number of aryl methyl sites for hydroxylation is 1. The summed E-state index contributed by atoms with van der Waals surface area (Å²) in [5.41, 5.74) is 5.39. The summed E-state index contributed by atoms with van der Waals surface area (Å²) in [6, 6.07) is 15.2. The number of hydrogen-bond donors (Lipinski definition) is 3. The molecule has 1 saturated heterocycles. The molecule has 2 aromatic heterocycles. The number of fused-ring (bicyclic) bond motifs is 3. The number of pyridine rings is 1. The van der Waals surface area contributed by atoms with Crippen molar-refractivity contribution in [3.05, 3.63) is 54.2 Å². The standard InChI is InChI=1S/C28H34N3O4PS/c1-3-37-22-6-4-5-21(16-22)23-7-8-25(27-26(23)24-15-19(2)17-29-28(24)30-27)34-18-20-9-11-31(12-10-20)13-14-35-36(32)33/h4-8,15-17,20,32-33H,3,9-14,18H2,1-2H3,(H,29,30). The fraction of sp³-hybridized carbons (Fsp3) is 0.393. The molecule has 1 aliphatic rings. The molecule has 5 rings (SSSR count). The monoisotopic (exact) mass is 539 g/mol. The van der Waals surface area contributed by atoms with E-state index in [0.717, 1.165) is 71.5 Å². The van der Waals surface area contributed by atoms with Crippen LogP contribution < -0.4 is 4.74 Å². The van der Waals surface area contributed by atoms with Crippen LogP contribution in [0.1, 0.15) is 25.3 Å². The summed E-state index contributed by atoms with van der Waals surface area (Å²) in [5, 5.41) is 2.28. The normalized spacial score (nSPS) is 15.3. The van der Waals surface area contributed by atoms with E-state index in [1.807, 2.05) is 18.0 Å². The van der Waals surface area contributed by atoms with Crippen LogP contribution in [0.25, 0.3) is 33.1 Å². The summed E-state index contributed by atoms with van der Waals surface area (Å²) in [5.74, 6) is 2.39. The summed E-state index contributed by atoms with van der Waals surface area (Å²) >= 11 is 1.85. The second-order valence-electron chi connectivity index (χ2n) is 9.54. The van der Waals surface area contributed by atoms with Crippen molar-refractivity contribution in [2.24, 2.45) is 5.92 Å². The van der Waals surface area contributed by atoms with Crippen LogP contribution >= 0.6 is 20.4 Å². The second kappa shape index (κ2) is 12.1. The van der Waals surface area contributed by atoms with Crippen LogP contribution in [0.5, 0.6) is 5.75 Å². The molecule has 3 heterocycles. The molecule has 0 radical (unpaired) electrons. The average molecular weight is 540 g/mol. The highest BCUT2D eigenvalue weighted by atomic mass is 32.2. The van der Waals surface area contributed by atoms with Crippen molar-refractivity contribution in [2.45, 2.75) is 31.6 Å². The molecule has 0 atom stereocenters. The third kappa shape index (κ3) is 6.28. The minimum absolute atomic E-state index is 0.345. The molecule has 0 amide bonds. The van der Waals surface area contributed by atoms with E-state index in [0.29, 0.717) is 19.1 Å². The summed E-state index contributed by atoms with van der Waals surface area (Å²) in [4.78, 5) is 29.6. The van der Waals surface area contributed by atoms with Crippen molar-refractivity contribution in [1.29, 1.82) is 0 Å². The van der Waals surface area contributed by atoms with Gasteiger partial charge in [0.25, 0.3) is 0 Å². The molecule has 37 heavy (non-hydrogen) atoms. The number of ether oxygens (including phenoxy) is 1. The van der Waals surface area contributed by atoms with E-state index in [1.165, 1.54) is 16.0 Å². The molecule has 1 fully saturated rings. The van der Waals surface area contributed by atoms with Gasteiger partial charge in [-0.3, -0.25) is 0 Å². The quantitative estimate of drug-likeness (QED) is 0.165. The number of hydrogen-bond acceptors (Lipinski definition) is 7. The molecule has 2 aromatic carbocycles. The molecule has 3 N–H and O–H groups in total. The number of nitrogens with zero attached hydrogens (tertiary/aromatic N) is 2. The molecule has 196 valence electrons. The van der Waals surface area contributed by atoms with E-state index in [4.69, 9.17) is 19.0 Å². The molecule has 0 unspecified atom stereocenters. The SMILES string of the molecule is CCSc1cccc(-c2ccc(OCC3CCN(CCOP(O)O)CC3)c3[nH]c4ncc(C)cc4c23)c1. The summed E-state index contributed by atoms with van der Waals surface area (Å²) < 4.78 is 11.4. The number of benzene rings is 2. The lowest BCUT2D eigenvalue weighted by Crippen LogP contribution is -2.37. The van der Waals surface area contributed by atoms with Gasteiger partial charge >= 0.3 is 8.60 Å². The Hall–Kier alpha value is -2.19. The first-order chi connectivity index (χ1) is 18.0. The lowest BCUT2D eigenvalue weighted by molar-refractivity contribution is 0.123. The van der Waals surface area contributed by atoms with Crippen LogP contribution in [0.4, 0.5) is 0 Å². The summed E-state index contributed by atoms with van der Waals surface area (Å²) in [7, 11) is -2.27. The Balaban J connectivity index is 1.37. The molecule has 9 heteroatoms. The second-order valence-corrected chi connectivity index (χ2v) is 11.6. The highest BCUT2D eigenvalue weighted by Crippen LogP contribution is 2.40. The highest BCUT2D eigenvalue weighted by molar-refractivity contribution is 7.99. The third-order valence-electron chi connectivity index (χ3n) is 6.96. The van der Waals surface area contributed by atoms with Crippen LogP contribution in [-0.4, -0.2) is 63.3 Å². The molecule has 0 spiro atoms. The number of aromatic amines is 1. The maximum Gasteiger partial charge on any atom is 0.327 e. The molecule has 4 aromatic rings. The van der Waals surface area contributed by atoms with Gasteiger partial charge in [0.05, 0.1) is 18.7 Å². The first kappa shape index (κ1) is 26.4. The highest BCUT2D eigenvalue weighted by Gasteiger charge is 2.21. The molecule has 1 aliphatic heterocycles. The molecule has 0 bridgehead atoms. The molecule has 7 nitrogen and oxygen atoms in total. The van der Waals surface area contributed by atoms with Crippen LogP contribution in [0.3, 0.4) is 0 Å². The Labute approximate surface area is 223 Å². The first-order valence-corrected chi connectivity index (χ1v) is 15.0. The van der Waals surface area contributed by atoms with Crippen molar-refractivity contribution < 1.29 is 19.0 Å². The van der Waals surface area contributed by atoms with Gasteiger partial charge in [-0.15, -0.1) is 11.8 Å². The zero-order valence-electron chi connectivity index (χ0n) is 21.3. The van der Waals surface area contributed by atoms with E-state index in [1.54, 1.807) is 0 Å². The minimum atomic E-state index is -2.27. The zero-order valence-corrected chi connectivity index (χ0v) is 23.0. The van der Waals surface area contributed by atoms with Crippen LogP contribution in [0.15, 0.2) is 53.6 Å². The Morgan fingerprint density at radius 3 is 2.78 bits per heavy atom. The number of thioether (sulfide) groups is 1. The van der Waals surface area contributed by atoms with Crippen molar-refractivity contribution in [1.82, 2.24) is 14.9 Å². The summed E-state index contributed by atoms with van der Waals surface area (Å²) in [6.45, 7) is 7.91. The Kier molecular flexibility index (Phi) is 8.65. The van der Waals surface area contributed by atoms with Crippen LogP contribution in [-0.2, 0) is 4.52 Å². The predicted molar refractivity (Wildman–Crippen MR) is 152 cm³/mol. The van der Waals surface area contributed by atoms with Gasteiger partial charge < -0.3 is 28.9 Å². The first-order valence-electron chi connectivity index (χ1n) is 12.8. The van der Waals surface area contributed by atoms with E-state index >= 15 is 0 Å². The van der Waals surface area contributed by atoms with Gasteiger partial charge in [0.2, 0.25) is 0 Å². The summed E-state index contributed by atoms with van der Waals surface area (Å²) in [6.07, 6.45) is 3.99. The third-order valence-corrected chi connectivity index (χ3v) is 8.25. The van der Waals surface area contributed by atoms with Gasteiger partial charge in [0.15, 0.2) is 0 Å². The fourth-order valence-electron chi connectivity index (χ4n) is 5.08. The fourth-order valence-corrected chi connectivity index (χ4v) is 6.05. The number of aromatic nitrogens is 2. The number of H-pyrrole nitrogens is 1. The van der Waals surface area contributed by atoms with E-state index in [-0.39, 0.29) is 0 Å². The number of nitrogens with one attached hydrogen (secondary N) is 1. The van der Waals surface area contributed by atoms with Gasteiger partial charge in [-0.05, 0) is 91.5 Å². The average Bonchev–Trinajstić information content (AvgIpc) is 3.27. The van der Waals surface area contributed by atoms with Crippen molar-refractivity contribution >= 4 is 42.3 Å². The lowest BCUT2D eigenvalue weighted by Gasteiger charge is -2.31. The van der Waals surface area contributed by atoms with Crippen LogP contribution in [0, 0.1) is 12.8 Å². The van der Waals surface area contributed by atoms with E-state index < -0.39 is 8.60 Å². The predicted octanol–water partition coefficient (Wildman–Crippen LogP) is 6.12. The van der Waals surface area contributed by atoms with Crippen molar-refractivity contribution in [3.8, 4) is 16.9 Å². The molecule has 0 aliphatic carbocycles. The molecular formula is C28H34N3O4PS. The molecular weight excluding hydrogens is 505 g/mol. The van der Waals surface area contributed by atoms with Crippen LogP contribution in [0.2, 0.25) is 0 Å². The Bertz CT molecular complexity index is 1350. The van der Waals surface area contributed by atoms with E-state index in [9.17, 15) is 0 Å². The van der Waals surface area contributed by atoms with Gasteiger partial charge in [-0.2, -0.15) is 0 Å². The number of piperidine rings is 1. The van der Waals surface area contributed by atoms with Crippen molar-refractivity contribution in [2.75, 3.05) is 38.6 Å². The minimum Gasteiger partial charge on any atom is -0.491 e. The zero-order chi connectivity index (χ0) is 25.8. The number of likely N-dealkylation sites (tertiary alicyclic amines) is 1. The maximum absolute atomic E-state index is 8.91. The molecule has 0 saturated carbocycles. The topological polar surface area (TPSA) is 90.8 Å². The largest absolute Gasteiger partial charge is 0.491 e. The lowest BCUT2D eigenvalue weighted by atomic mass is 9.97. The van der Waals surface area contributed by atoms with Gasteiger partial charge in [0, 0.05) is 28.4 Å². The van der Waals surface area contributed by atoms with Gasteiger partial charge in [-0.1, -0.05) is 19.1 Å². The maximum atomic E-state index is 8.91. The van der Waals surface area contributed by atoms with Gasteiger partial charge in [-0.25, -0.2) is 4.98 Å². The van der Waals surface area contributed by atoms with Gasteiger partial charge in [0.1, 0.15) is 11.4 Å². The Morgan fingerprint density at radius 1 is 1.16 bits per heavy atom. The van der Waals surface area contributed by atoms with E-state index in [2.05, 4.69) is 71.2 Å².